The molecule has 0 aliphatic carbocycles. The standard InChI is InChI=1S/C28H20N2O3/c29-18-19-6-8-21(9-7-19)27(22-12-15-30-16-13-22)33-25-11-10-23-24(31)14-17-32-28(23)26(25)20-4-2-1-3-5-20/h1-13,15-16,27H,14,17H2/t27-/m1/s1. The number of nitriles is 1. The Morgan fingerprint density at radius 1 is 0.909 bits per heavy atom. The van der Waals surface area contributed by atoms with Crippen LogP contribution in [0.25, 0.3) is 11.1 Å². The summed E-state index contributed by atoms with van der Waals surface area (Å²) in [6, 6.07) is 26.7. The predicted molar refractivity (Wildman–Crippen MR) is 124 cm³/mol. The van der Waals surface area contributed by atoms with Crippen molar-refractivity contribution in [1.29, 1.82) is 5.26 Å². The molecule has 1 aliphatic heterocycles. The number of pyridine rings is 1. The summed E-state index contributed by atoms with van der Waals surface area (Å²) in [6.07, 6.45) is 3.37. The molecule has 1 atom stereocenters. The van der Waals surface area contributed by atoms with Gasteiger partial charge in [0.2, 0.25) is 0 Å². The van der Waals surface area contributed by atoms with Crippen LogP contribution < -0.4 is 9.47 Å². The summed E-state index contributed by atoms with van der Waals surface area (Å²) >= 11 is 0. The lowest BCUT2D eigenvalue weighted by Gasteiger charge is -2.26. The molecule has 0 saturated carbocycles. The van der Waals surface area contributed by atoms with Crippen LogP contribution in [0.2, 0.25) is 0 Å². The summed E-state index contributed by atoms with van der Waals surface area (Å²) in [5, 5.41) is 9.18. The Morgan fingerprint density at radius 3 is 2.36 bits per heavy atom. The van der Waals surface area contributed by atoms with Gasteiger partial charge in [-0.25, -0.2) is 0 Å². The van der Waals surface area contributed by atoms with E-state index in [4.69, 9.17) is 9.47 Å². The van der Waals surface area contributed by atoms with Crippen molar-refractivity contribution in [3.05, 3.63) is 114 Å². The second-order valence-corrected chi connectivity index (χ2v) is 7.72. The van der Waals surface area contributed by atoms with Gasteiger partial charge in [-0.2, -0.15) is 5.26 Å². The van der Waals surface area contributed by atoms with Crippen molar-refractivity contribution in [2.75, 3.05) is 6.61 Å². The van der Waals surface area contributed by atoms with Crippen LogP contribution in [-0.2, 0) is 0 Å². The van der Waals surface area contributed by atoms with Gasteiger partial charge in [0.1, 0.15) is 17.6 Å². The fourth-order valence-electron chi connectivity index (χ4n) is 4.02. The molecule has 5 heteroatoms. The minimum atomic E-state index is -0.444. The monoisotopic (exact) mass is 432 g/mol. The van der Waals surface area contributed by atoms with Gasteiger partial charge in [0.25, 0.3) is 0 Å². The molecule has 0 spiro atoms. The normalized spacial score (nSPS) is 13.4. The first kappa shape index (κ1) is 20.5. The Balaban J connectivity index is 1.65. The molecule has 5 rings (SSSR count). The van der Waals surface area contributed by atoms with E-state index < -0.39 is 6.10 Å². The van der Waals surface area contributed by atoms with Crippen LogP contribution in [0.4, 0.5) is 0 Å². The van der Waals surface area contributed by atoms with E-state index in [1.165, 1.54) is 0 Å². The summed E-state index contributed by atoms with van der Waals surface area (Å²) < 4.78 is 12.6. The average molecular weight is 432 g/mol. The zero-order valence-electron chi connectivity index (χ0n) is 17.8. The molecule has 33 heavy (non-hydrogen) atoms. The lowest BCUT2D eigenvalue weighted by Crippen LogP contribution is -2.17. The Labute approximate surface area is 191 Å². The summed E-state index contributed by atoms with van der Waals surface area (Å²) in [7, 11) is 0. The molecule has 0 saturated heterocycles. The number of aromatic nitrogens is 1. The van der Waals surface area contributed by atoms with Crippen molar-refractivity contribution in [3.8, 4) is 28.7 Å². The van der Waals surface area contributed by atoms with Gasteiger partial charge in [-0.15, -0.1) is 0 Å². The second kappa shape index (κ2) is 8.97. The fourth-order valence-corrected chi connectivity index (χ4v) is 4.02. The minimum absolute atomic E-state index is 0.0674. The van der Waals surface area contributed by atoms with Crippen molar-refractivity contribution in [1.82, 2.24) is 4.98 Å². The summed E-state index contributed by atoms with van der Waals surface area (Å²) in [5.41, 5.74) is 4.64. The Bertz CT molecular complexity index is 1330. The summed E-state index contributed by atoms with van der Waals surface area (Å²) in [6.45, 7) is 0.346. The van der Waals surface area contributed by atoms with Gasteiger partial charge in [0.15, 0.2) is 5.78 Å². The van der Waals surface area contributed by atoms with Gasteiger partial charge < -0.3 is 9.47 Å². The van der Waals surface area contributed by atoms with E-state index in [1.54, 1.807) is 30.6 Å². The zero-order chi connectivity index (χ0) is 22.6. The number of benzene rings is 3. The third kappa shape index (κ3) is 4.07. The van der Waals surface area contributed by atoms with Crippen LogP contribution in [0.1, 0.15) is 39.6 Å². The van der Waals surface area contributed by atoms with E-state index in [9.17, 15) is 10.1 Å². The van der Waals surface area contributed by atoms with Gasteiger partial charge in [0, 0.05) is 18.8 Å². The highest BCUT2D eigenvalue weighted by atomic mass is 16.5. The maximum atomic E-state index is 12.6. The van der Waals surface area contributed by atoms with Crippen molar-refractivity contribution < 1.29 is 14.3 Å². The lowest BCUT2D eigenvalue weighted by atomic mass is 9.95. The van der Waals surface area contributed by atoms with Crippen molar-refractivity contribution in [3.63, 3.8) is 0 Å². The molecule has 3 aromatic carbocycles. The van der Waals surface area contributed by atoms with Crippen LogP contribution in [0.15, 0.2) is 91.3 Å². The van der Waals surface area contributed by atoms with Crippen LogP contribution in [-0.4, -0.2) is 17.4 Å². The molecule has 2 heterocycles. The summed E-state index contributed by atoms with van der Waals surface area (Å²) in [5.74, 6) is 1.24. The zero-order valence-corrected chi connectivity index (χ0v) is 17.8. The predicted octanol–water partition coefficient (Wildman–Crippen LogP) is 5.75. The van der Waals surface area contributed by atoms with E-state index in [0.29, 0.717) is 35.7 Å². The molecule has 4 aromatic rings. The van der Waals surface area contributed by atoms with Gasteiger partial charge >= 0.3 is 0 Å². The smallest absolute Gasteiger partial charge is 0.170 e. The number of fused-ring (bicyclic) bond motifs is 1. The SMILES string of the molecule is N#Cc1ccc([C@@H](Oc2ccc3c(c2-c2ccccc2)OCCC3=O)c2ccncc2)cc1. The molecule has 0 fully saturated rings. The first-order valence-electron chi connectivity index (χ1n) is 10.7. The third-order valence-corrected chi connectivity index (χ3v) is 5.65. The van der Waals surface area contributed by atoms with Crippen LogP contribution >= 0.6 is 0 Å². The van der Waals surface area contributed by atoms with E-state index in [-0.39, 0.29) is 5.78 Å². The molecular weight excluding hydrogens is 412 g/mol. The van der Waals surface area contributed by atoms with E-state index in [0.717, 1.165) is 22.3 Å². The quantitative estimate of drug-likeness (QED) is 0.401. The van der Waals surface area contributed by atoms with Gasteiger partial charge in [-0.1, -0.05) is 42.5 Å². The number of nitrogens with zero attached hydrogens (tertiary/aromatic N) is 2. The number of ether oxygens (including phenoxy) is 2. The topological polar surface area (TPSA) is 72.2 Å². The van der Waals surface area contributed by atoms with E-state index in [1.807, 2.05) is 60.7 Å². The van der Waals surface area contributed by atoms with Gasteiger partial charge in [-0.05, 0) is 53.1 Å². The van der Waals surface area contributed by atoms with Crippen molar-refractivity contribution >= 4 is 5.78 Å². The van der Waals surface area contributed by atoms with E-state index >= 15 is 0 Å². The molecule has 160 valence electrons. The minimum Gasteiger partial charge on any atom is -0.492 e. The van der Waals surface area contributed by atoms with Crippen LogP contribution in [0.5, 0.6) is 11.5 Å². The molecule has 0 bridgehead atoms. The first-order valence-corrected chi connectivity index (χ1v) is 10.7. The maximum absolute atomic E-state index is 12.6. The molecular formula is C28H20N2O3. The molecule has 1 aliphatic rings. The average Bonchev–Trinajstić information content (AvgIpc) is 2.88. The van der Waals surface area contributed by atoms with Crippen molar-refractivity contribution in [2.45, 2.75) is 12.5 Å². The Kier molecular flexibility index (Phi) is 5.57. The number of hydrogen-bond acceptors (Lipinski definition) is 5. The summed E-state index contributed by atoms with van der Waals surface area (Å²) in [4.78, 5) is 16.7. The highest BCUT2D eigenvalue weighted by molar-refractivity contribution is 6.02. The van der Waals surface area contributed by atoms with Gasteiger partial charge in [-0.3, -0.25) is 9.78 Å². The van der Waals surface area contributed by atoms with Gasteiger partial charge in [0.05, 0.1) is 29.4 Å². The van der Waals surface area contributed by atoms with Crippen molar-refractivity contribution in [2.24, 2.45) is 0 Å². The number of hydrogen-bond donors (Lipinski definition) is 0. The number of carbonyl (C=O) groups excluding carboxylic acids is 1. The number of ketones is 1. The number of carbonyl (C=O) groups is 1. The highest BCUT2D eigenvalue weighted by Crippen LogP contribution is 2.44. The highest BCUT2D eigenvalue weighted by Gasteiger charge is 2.27. The van der Waals surface area contributed by atoms with Crippen LogP contribution in [0.3, 0.4) is 0 Å². The third-order valence-electron chi connectivity index (χ3n) is 5.65. The first-order chi connectivity index (χ1) is 16.2. The fraction of sp³-hybridized carbons (Fsp3) is 0.107. The molecule has 1 aromatic heterocycles. The van der Waals surface area contributed by atoms with E-state index in [2.05, 4.69) is 11.1 Å². The number of Topliss-reactive ketones (excluding diaryl/α,β-unsaturated/α-hetero) is 1. The van der Waals surface area contributed by atoms with Crippen LogP contribution in [0, 0.1) is 11.3 Å². The molecule has 5 nitrogen and oxygen atoms in total. The molecule has 0 unspecified atom stereocenters. The second-order valence-electron chi connectivity index (χ2n) is 7.72. The largest absolute Gasteiger partial charge is 0.492 e. The molecule has 0 N–H and O–H groups in total. The molecule has 0 amide bonds. The molecule has 0 radical (unpaired) electrons. The lowest BCUT2D eigenvalue weighted by molar-refractivity contribution is 0.0933. The number of rotatable bonds is 5. The Morgan fingerprint density at radius 2 is 1.64 bits per heavy atom. The Hall–Kier alpha value is -4.43. The maximum Gasteiger partial charge on any atom is 0.170 e.